The Hall–Kier alpha value is -3.76. The minimum absolute atomic E-state index is 0.0611. The van der Waals surface area contributed by atoms with Crippen molar-refractivity contribution >= 4 is 39.1 Å². The first kappa shape index (κ1) is 33.1. The molecule has 0 heterocycles. The highest BCUT2D eigenvalue weighted by Crippen LogP contribution is 2.33. The van der Waals surface area contributed by atoms with Gasteiger partial charge in [0.15, 0.2) is 11.5 Å². The first-order chi connectivity index (χ1) is 21.0. The smallest absolute Gasteiger partial charge is 0.264 e. The molecule has 1 fully saturated rings. The largest absolute Gasteiger partial charge is 0.493 e. The molecule has 2 amide bonds. The summed E-state index contributed by atoms with van der Waals surface area (Å²) < 4.78 is 40.0. The third-order valence-corrected chi connectivity index (χ3v) is 9.95. The van der Waals surface area contributed by atoms with Crippen LogP contribution in [-0.4, -0.2) is 58.0 Å². The number of amides is 2. The van der Waals surface area contributed by atoms with Crippen molar-refractivity contribution < 1.29 is 27.5 Å². The number of carbonyl (C=O) groups excluding carboxylic acids is 2. The average molecular weight is 642 g/mol. The zero-order valence-electron chi connectivity index (χ0n) is 25.6. The molecular formula is C33H40ClN3O6S. The molecule has 4 rings (SSSR count). The number of carbonyl (C=O) groups is 2. The van der Waals surface area contributed by atoms with Crippen LogP contribution in [0.3, 0.4) is 0 Å². The van der Waals surface area contributed by atoms with Crippen LogP contribution in [0, 0.1) is 6.92 Å². The molecule has 1 unspecified atom stereocenters. The van der Waals surface area contributed by atoms with Crippen molar-refractivity contribution in [1.82, 2.24) is 10.2 Å². The fourth-order valence-corrected chi connectivity index (χ4v) is 6.84. The monoisotopic (exact) mass is 641 g/mol. The minimum Gasteiger partial charge on any atom is -0.493 e. The van der Waals surface area contributed by atoms with Crippen LogP contribution in [0.2, 0.25) is 5.02 Å². The maximum atomic E-state index is 14.2. The topological polar surface area (TPSA) is 105 Å². The Bertz CT molecular complexity index is 1540. The summed E-state index contributed by atoms with van der Waals surface area (Å²) in [6.45, 7) is 3.23. The summed E-state index contributed by atoms with van der Waals surface area (Å²) in [7, 11) is -1.42. The molecule has 0 saturated heterocycles. The van der Waals surface area contributed by atoms with Gasteiger partial charge in [0.05, 0.1) is 24.8 Å². The first-order valence-electron chi connectivity index (χ1n) is 14.7. The molecule has 0 radical (unpaired) electrons. The van der Waals surface area contributed by atoms with Gasteiger partial charge in [-0.2, -0.15) is 0 Å². The summed E-state index contributed by atoms with van der Waals surface area (Å²) in [5.74, 6) is -0.207. The Labute approximate surface area is 265 Å². The number of anilines is 1. The lowest BCUT2D eigenvalue weighted by molar-refractivity contribution is -0.139. The van der Waals surface area contributed by atoms with Gasteiger partial charge in [-0.05, 0) is 68.7 Å². The van der Waals surface area contributed by atoms with Gasteiger partial charge in [-0.25, -0.2) is 8.42 Å². The molecule has 3 aromatic rings. The highest BCUT2D eigenvalue weighted by molar-refractivity contribution is 7.92. The van der Waals surface area contributed by atoms with Crippen LogP contribution in [0.5, 0.6) is 11.5 Å². The number of nitrogens with one attached hydrogen (secondary N) is 1. The zero-order valence-corrected chi connectivity index (χ0v) is 27.2. The third kappa shape index (κ3) is 8.04. The number of methoxy groups -OCH3 is 2. The summed E-state index contributed by atoms with van der Waals surface area (Å²) >= 11 is 6.12. The van der Waals surface area contributed by atoms with E-state index in [9.17, 15) is 18.0 Å². The van der Waals surface area contributed by atoms with E-state index in [2.05, 4.69) is 5.32 Å². The Kier molecular flexibility index (Phi) is 11.2. The van der Waals surface area contributed by atoms with E-state index >= 15 is 0 Å². The SMILES string of the molecule is COc1ccc(S(=O)(=O)N(CC(=O)N(Cc2ccc(C)cc2)C(C)C(=O)NC2CCCCC2)c2ccc(Cl)cc2)cc1OC. The second-order valence-corrected chi connectivity index (χ2v) is 13.3. The van der Waals surface area contributed by atoms with Crippen LogP contribution in [-0.2, 0) is 26.2 Å². The van der Waals surface area contributed by atoms with Gasteiger partial charge in [0, 0.05) is 23.7 Å². The van der Waals surface area contributed by atoms with Gasteiger partial charge < -0.3 is 19.7 Å². The van der Waals surface area contributed by atoms with Crippen molar-refractivity contribution in [3.05, 3.63) is 82.9 Å². The molecule has 0 spiro atoms. The van der Waals surface area contributed by atoms with Crippen molar-refractivity contribution in [3.63, 3.8) is 0 Å². The number of aryl methyl sites for hydroxylation is 1. The van der Waals surface area contributed by atoms with E-state index < -0.39 is 28.5 Å². The molecule has 11 heteroatoms. The average Bonchev–Trinajstić information content (AvgIpc) is 3.03. The molecule has 3 aromatic carbocycles. The van der Waals surface area contributed by atoms with Gasteiger partial charge >= 0.3 is 0 Å². The number of sulfonamides is 1. The summed E-state index contributed by atoms with van der Waals surface area (Å²) in [5, 5.41) is 3.53. The van der Waals surface area contributed by atoms with Crippen LogP contribution in [0.1, 0.15) is 50.2 Å². The lowest BCUT2D eigenvalue weighted by Gasteiger charge is -2.33. The number of halogens is 1. The van der Waals surface area contributed by atoms with Crippen LogP contribution < -0.4 is 19.1 Å². The number of ether oxygens (including phenoxy) is 2. The van der Waals surface area contributed by atoms with E-state index in [1.807, 2.05) is 31.2 Å². The molecule has 1 aliphatic rings. The molecule has 236 valence electrons. The fraction of sp³-hybridized carbons (Fsp3) is 0.394. The zero-order chi connectivity index (χ0) is 31.9. The predicted molar refractivity (Wildman–Crippen MR) is 172 cm³/mol. The maximum Gasteiger partial charge on any atom is 0.264 e. The van der Waals surface area contributed by atoms with Gasteiger partial charge in [-0.15, -0.1) is 0 Å². The Morgan fingerprint density at radius 3 is 2.18 bits per heavy atom. The molecular weight excluding hydrogens is 602 g/mol. The van der Waals surface area contributed by atoms with Crippen LogP contribution >= 0.6 is 11.6 Å². The standard InChI is InChI=1S/C33H40ClN3O6S/c1-23-10-12-25(13-11-23)21-36(24(2)33(39)35-27-8-6-5-7-9-27)32(38)22-37(28-16-14-26(34)15-17-28)44(40,41)29-18-19-30(42-3)31(20-29)43-4/h10-20,24,27H,5-9,21-22H2,1-4H3,(H,35,39). The van der Waals surface area contributed by atoms with Crippen LogP contribution in [0.15, 0.2) is 71.6 Å². The third-order valence-electron chi connectivity index (χ3n) is 7.93. The predicted octanol–water partition coefficient (Wildman–Crippen LogP) is 5.73. The van der Waals surface area contributed by atoms with E-state index in [1.54, 1.807) is 19.1 Å². The van der Waals surface area contributed by atoms with E-state index in [4.69, 9.17) is 21.1 Å². The van der Waals surface area contributed by atoms with E-state index in [0.717, 1.165) is 47.5 Å². The van der Waals surface area contributed by atoms with Gasteiger partial charge in [0.1, 0.15) is 12.6 Å². The molecule has 1 N–H and O–H groups in total. The van der Waals surface area contributed by atoms with Crippen molar-refractivity contribution in [2.75, 3.05) is 25.1 Å². The van der Waals surface area contributed by atoms with Gasteiger partial charge in [-0.3, -0.25) is 13.9 Å². The fourth-order valence-electron chi connectivity index (χ4n) is 5.28. The normalized spacial score (nSPS) is 14.4. The number of hydrogen-bond acceptors (Lipinski definition) is 6. The number of benzene rings is 3. The lowest BCUT2D eigenvalue weighted by Crippen LogP contribution is -2.53. The maximum absolute atomic E-state index is 14.2. The molecule has 1 aliphatic carbocycles. The van der Waals surface area contributed by atoms with Crippen molar-refractivity contribution in [2.45, 2.75) is 69.5 Å². The molecule has 0 aromatic heterocycles. The number of hydrogen-bond donors (Lipinski definition) is 1. The van der Waals surface area contributed by atoms with Crippen LogP contribution in [0.25, 0.3) is 0 Å². The second-order valence-electron chi connectivity index (χ2n) is 11.0. The van der Waals surface area contributed by atoms with Crippen molar-refractivity contribution in [2.24, 2.45) is 0 Å². The minimum atomic E-state index is -4.29. The number of rotatable bonds is 12. The molecule has 0 bridgehead atoms. The highest BCUT2D eigenvalue weighted by atomic mass is 35.5. The highest BCUT2D eigenvalue weighted by Gasteiger charge is 2.33. The van der Waals surface area contributed by atoms with E-state index in [-0.39, 0.29) is 34.8 Å². The van der Waals surface area contributed by atoms with Gasteiger partial charge in [0.25, 0.3) is 10.0 Å². The van der Waals surface area contributed by atoms with Gasteiger partial charge in [0.2, 0.25) is 11.8 Å². The molecule has 44 heavy (non-hydrogen) atoms. The first-order valence-corrected chi connectivity index (χ1v) is 16.5. The molecule has 1 atom stereocenters. The van der Waals surface area contributed by atoms with E-state index in [0.29, 0.717) is 10.8 Å². The molecule has 1 saturated carbocycles. The Morgan fingerprint density at radius 2 is 1.57 bits per heavy atom. The molecule has 0 aliphatic heterocycles. The van der Waals surface area contributed by atoms with Gasteiger partial charge in [-0.1, -0.05) is 60.7 Å². The quantitative estimate of drug-likeness (QED) is 0.271. The Balaban J connectivity index is 1.70. The Morgan fingerprint density at radius 1 is 0.932 bits per heavy atom. The van der Waals surface area contributed by atoms with Crippen molar-refractivity contribution in [3.8, 4) is 11.5 Å². The summed E-state index contributed by atoms with van der Waals surface area (Å²) in [6, 6.07) is 17.3. The molecule has 9 nitrogen and oxygen atoms in total. The summed E-state index contributed by atoms with van der Waals surface area (Å²) in [5.41, 5.74) is 2.12. The summed E-state index contributed by atoms with van der Waals surface area (Å²) in [4.78, 5) is 29.0. The lowest BCUT2D eigenvalue weighted by atomic mass is 9.95. The van der Waals surface area contributed by atoms with E-state index in [1.165, 1.54) is 49.5 Å². The second kappa shape index (κ2) is 14.8. The summed E-state index contributed by atoms with van der Waals surface area (Å²) in [6.07, 6.45) is 5.05. The number of nitrogens with zero attached hydrogens (tertiary/aromatic N) is 2. The van der Waals surface area contributed by atoms with Crippen LogP contribution in [0.4, 0.5) is 5.69 Å². The van der Waals surface area contributed by atoms with Crippen molar-refractivity contribution in [1.29, 1.82) is 0 Å².